The van der Waals surface area contributed by atoms with Crippen molar-refractivity contribution in [1.29, 1.82) is 0 Å². The van der Waals surface area contributed by atoms with Crippen LogP contribution in [0.5, 0.6) is 0 Å². The molecule has 4 nitrogen and oxygen atoms in total. The molecule has 0 heterocycles. The average molecular weight is 409 g/mol. The van der Waals surface area contributed by atoms with Crippen molar-refractivity contribution in [2.45, 2.75) is 24.0 Å². The lowest BCUT2D eigenvalue weighted by atomic mass is 10.5. The molecule has 0 saturated heterocycles. The Kier molecular flexibility index (Phi) is 9.66. The third-order valence-corrected chi connectivity index (χ3v) is 3.99. The van der Waals surface area contributed by atoms with Gasteiger partial charge in [-0.15, -0.1) is 0 Å². The number of hydrogen-bond acceptors (Lipinski definition) is 3. The summed E-state index contributed by atoms with van der Waals surface area (Å²) in [5.41, 5.74) is -1.76. The van der Waals surface area contributed by atoms with Gasteiger partial charge in [0.1, 0.15) is 11.1 Å². The molecule has 0 aliphatic carbocycles. The highest BCUT2D eigenvalue weighted by molar-refractivity contribution is 9.09. The van der Waals surface area contributed by atoms with Gasteiger partial charge in [0, 0.05) is 10.7 Å². The van der Waals surface area contributed by atoms with E-state index >= 15 is 0 Å². The number of alkyl halides is 4. The summed E-state index contributed by atoms with van der Waals surface area (Å²) >= 11 is 17.5. The van der Waals surface area contributed by atoms with Crippen molar-refractivity contribution in [1.82, 2.24) is 0 Å². The third-order valence-electron chi connectivity index (χ3n) is 1.17. The Bertz CT molecular complexity index is 203. The van der Waals surface area contributed by atoms with Crippen LogP contribution < -0.4 is 0 Å². The fourth-order valence-corrected chi connectivity index (χ4v) is 3.61. The molecular weight excluding hydrogens is 398 g/mol. The molecule has 0 aromatic rings. The van der Waals surface area contributed by atoms with Gasteiger partial charge in [0.25, 0.3) is 0 Å². The quantitative estimate of drug-likeness (QED) is 0.490. The first-order chi connectivity index (χ1) is 6.91. The van der Waals surface area contributed by atoms with Crippen molar-refractivity contribution < 1.29 is 18.5 Å². The van der Waals surface area contributed by atoms with Crippen molar-refractivity contribution in [3.63, 3.8) is 0 Å². The van der Waals surface area contributed by atoms with Crippen LogP contribution in [0.4, 0.5) is 0 Å². The van der Waals surface area contributed by atoms with Gasteiger partial charge >= 0.3 is 7.82 Å². The number of phosphoric acid groups is 1. The second-order valence-electron chi connectivity index (χ2n) is 2.45. The Hall–Kier alpha value is 1.65. The van der Waals surface area contributed by atoms with Crippen LogP contribution in [0.2, 0.25) is 0 Å². The molecule has 0 saturated carbocycles. The molecule has 92 valence electrons. The van der Waals surface area contributed by atoms with Gasteiger partial charge in [-0.2, -0.15) is 0 Å². The van der Waals surface area contributed by atoms with Crippen LogP contribution in [-0.2, 0) is 13.6 Å². The van der Waals surface area contributed by atoms with Gasteiger partial charge in [-0.3, -0.25) is 9.05 Å². The lowest BCUT2D eigenvalue weighted by molar-refractivity contribution is 0.124. The predicted molar refractivity (Wildman–Crippen MR) is 68.1 cm³/mol. The maximum atomic E-state index is 11.3. The van der Waals surface area contributed by atoms with Gasteiger partial charge in [0.15, 0.2) is 0 Å². The molecule has 0 rings (SSSR count). The number of hydrogen-bond donors (Lipinski definition) is 1. The van der Waals surface area contributed by atoms with Gasteiger partial charge in [-0.25, -0.2) is 4.57 Å². The first kappa shape index (κ1) is 16.6. The number of halogens is 4. The highest BCUT2D eigenvalue weighted by Gasteiger charge is 2.28. The molecule has 0 fully saturated rings. The molecular formula is C6H11Br2Cl2O4P. The van der Waals surface area contributed by atoms with E-state index in [9.17, 15) is 9.46 Å². The van der Waals surface area contributed by atoms with E-state index in [4.69, 9.17) is 23.2 Å². The Labute approximate surface area is 115 Å². The van der Waals surface area contributed by atoms with E-state index in [2.05, 4.69) is 40.9 Å². The largest absolute Gasteiger partial charge is 0.475 e. The minimum Gasteiger partial charge on any atom is -0.302 e. The average Bonchev–Trinajstić information content (AvgIpc) is 2.01. The van der Waals surface area contributed by atoms with E-state index in [1.807, 2.05) is 0 Å². The molecule has 0 bridgehead atoms. The summed E-state index contributed by atoms with van der Waals surface area (Å²) in [4.78, 5) is 9.22. The predicted octanol–water partition coefficient (Wildman–Crippen LogP) is 3.82. The molecule has 0 aliphatic rings. The van der Waals surface area contributed by atoms with Crippen LogP contribution in [0.1, 0.15) is 12.8 Å². The molecule has 9 heteroatoms. The van der Waals surface area contributed by atoms with Crippen molar-refractivity contribution in [3.05, 3.63) is 0 Å². The fourth-order valence-electron chi connectivity index (χ4n) is 0.591. The minimum atomic E-state index is -4.17. The Morgan fingerprint density at radius 3 is 1.73 bits per heavy atom. The lowest BCUT2D eigenvalue weighted by Crippen LogP contribution is -2.10. The Balaban J connectivity index is 4.00. The second kappa shape index (κ2) is 8.70. The summed E-state index contributed by atoms with van der Waals surface area (Å²) in [6.07, 6.45) is 0.779. The Morgan fingerprint density at radius 1 is 1.13 bits per heavy atom. The van der Waals surface area contributed by atoms with Gasteiger partial charge in [-0.1, -0.05) is 55.1 Å². The fraction of sp³-hybridized carbons (Fsp3) is 1.00. The Morgan fingerprint density at radius 2 is 1.47 bits per heavy atom. The van der Waals surface area contributed by atoms with Crippen molar-refractivity contribution in [3.8, 4) is 0 Å². The molecule has 15 heavy (non-hydrogen) atoms. The van der Waals surface area contributed by atoms with E-state index in [1.165, 1.54) is 0 Å². The first-order valence-corrected chi connectivity index (χ1v) is 8.62. The highest BCUT2D eigenvalue weighted by Crippen LogP contribution is 2.48. The van der Waals surface area contributed by atoms with Crippen LogP contribution in [0.25, 0.3) is 0 Å². The first-order valence-electron chi connectivity index (χ1n) is 4.01. The molecule has 0 aliphatic heterocycles. The number of rotatable bonds is 8. The maximum absolute atomic E-state index is 11.3. The summed E-state index contributed by atoms with van der Waals surface area (Å²) in [5, 5.41) is 1.12. The zero-order valence-electron chi connectivity index (χ0n) is 7.61. The summed E-state index contributed by atoms with van der Waals surface area (Å²) in [7, 11) is -4.17. The normalized spacial score (nSPS) is 19.5. The zero-order valence-corrected chi connectivity index (χ0v) is 13.2. The van der Waals surface area contributed by atoms with Crippen LogP contribution in [-0.4, -0.2) is 26.7 Å². The van der Waals surface area contributed by atoms with Crippen LogP contribution >= 0.6 is 62.9 Å². The van der Waals surface area contributed by atoms with Crippen LogP contribution in [0, 0.1) is 0 Å². The van der Waals surface area contributed by atoms with E-state index in [-0.39, 0.29) is 0 Å². The lowest BCUT2D eigenvalue weighted by Gasteiger charge is -2.17. The summed E-state index contributed by atoms with van der Waals surface area (Å²) in [5.74, 6) is 0. The zero-order chi connectivity index (χ0) is 11.9. The van der Waals surface area contributed by atoms with E-state index in [0.29, 0.717) is 23.5 Å². The van der Waals surface area contributed by atoms with Crippen molar-refractivity contribution >= 4 is 62.9 Å². The molecule has 0 aromatic heterocycles. The highest BCUT2D eigenvalue weighted by atomic mass is 79.9. The van der Waals surface area contributed by atoms with Crippen LogP contribution in [0.3, 0.4) is 0 Å². The molecule has 0 amide bonds. The van der Waals surface area contributed by atoms with Crippen molar-refractivity contribution in [2.75, 3.05) is 10.7 Å². The minimum absolute atomic E-state index is 0.390. The molecule has 0 spiro atoms. The smallest absolute Gasteiger partial charge is 0.302 e. The standard InChI is InChI=1S/C6H11Br2Cl2O4P/c7-3-1-5(9)13-15(11,12)14-6(10)2-4-8/h5-6H,1-4H2,(H,11,12). The summed E-state index contributed by atoms with van der Waals surface area (Å²) < 4.78 is 20.5. The monoisotopic (exact) mass is 406 g/mol. The van der Waals surface area contributed by atoms with Gasteiger partial charge in [-0.05, 0) is 12.8 Å². The van der Waals surface area contributed by atoms with Crippen molar-refractivity contribution in [2.24, 2.45) is 0 Å². The summed E-state index contributed by atoms with van der Waals surface area (Å²) in [6.45, 7) is 0. The van der Waals surface area contributed by atoms with Gasteiger partial charge in [0.05, 0.1) is 0 Å². The topological polar surface area (TPSA) is 55.8 Å². The SMILES string of the molecule is O=P(O)(OC(Cl)CCBr)OC(Cl)CCBr. The molecule has 2 unspecified atom stereocenters. The van der Waals surface area contributed by atoms with E-state index < -0.39 is 18.9 Å². The second-order valence-corrected chi connectivity index (χ2v) is 6.37. The van der Waals surface area contributed by atoms with E-state index in [1.54, 1.807) is 0 Å². The summed E-state index contributed by atoms with van der Waals surface area (Å²) in [6, 6.07) is 0. The molecule has 2 atom stereocenters. The number of phosphoric ester groups is 1. The van der Waals surface area contributed by atoms with E-state index in [0.717, 1.165) is 0 Å². The maximum Gasteiger partial charge on any atom is 0.475 e. The molecule has 0 aromatic carbocycles. The molecule has 1 N–H and O–H groups in total. The molecule has 0 radical (unpaired) electrons. The van der Waals surface area contributed by atoms with Gasteiger partial charge < -0.3 is 4.89 Å². The third kappa shape index (κ3) is 9.36. The van der Waals surface area contributed by atoms with Gasteiger partial charge in [0.2, 0.25) is 0 Å². The van der Waals surface area contributed by atoms with Crippen LogP contribution in [0.15, 0.2) is 0 Å².